The van der Waals surface area contributed by atoms with Crippen LogP contribution >= 0.6 is 0 Å². The van der Waals surface area contributed by atoms with E-state index >= 15 is 0 Å². The number of benzene rings is 6. The van der Waals surface area contributed by atoms with E-state index in [2.05, 4.69) is 152 Å². The van der Waals surface area contributed by atoms with Gasteiger partial charge in [-0.05, 0) is 76.4 Å². The average molecular weight is 708 g/mol. The Kier molecular flexibility index (Phi) is 8.42. The summed E-state index contributed by atoms with van der Waals surface area (Å²) in [5, 5.41) is 2.03. The molecule has 0 amide bonds. The lowest BCUT2D eigenvalue weighted by atomic mass is 9.89. The molecule has 4 heteroatoms. The van der Waals surface area contributed by atoms with Crippen molar-refractivity contribution in [3.63, 3.8) is 0 Å². The topological polar surface area (TPSA) is 51.8 Å². The first-order chi connectivity index (χ1) is 27.2. The standard InChI is InChI=1S/C51H37N3O/c1-4-12-34(13-5-1)36-20-22-38(23-21-36)39-26-30-42(31-27-39)50-52-49(41-16-8-3-9-17-41)53-51(54-50)48-43(32-33-46-47(48)44-18-10-11-19-45(44)55-46)40-28-24-37(25-29-40)35-14-6-2-7-15-35/h1,3-6,8-26,28-33,39H,2,7,27H2. The van der Waals surface area contributed by atoms with Crippen LogP contribution in [0.5, 0.6) is 0 Å². The minimum atomic E-state index is 0.268. The number of furan rings is 1. The molecule has 0 bridgehead atoms. The molecule has 0 aliphatic heterocycles. The summed E-state index contributed by atoms with van der Waals surface area (Å²) in [5.74, 6) is 2.17. The summed E-state index contributed by atoms with van der Waals surface area (Å²) in [7, 11) is 0. The number of fused-ring (bicyclic) bond motifs is 3. The molecule has 8 aromatic rings. The van der Waals surface area contributed by atoms with Gasteiger partial charge in [-0.15, -0.1) is 0 Å². The Morgan fingerprint density at radius 2 is 1.15 bits per heavy atom. The molecule has 2 aromatic heterocycles. The maximum atomic E-state index is 6.44. The third-order valence-electron chi connectivity index (χ3n) is 10.8. The number of hydrogen-bond donors (Lipinski definition) is 0. The number of para-hydroxylation sites is 1. The fourth-order valence-electron chi connectivity index (χ4n) is 7.88. The molecule has 0 N–H and O–H groups in total. The van der Waals surface area contributed by atoms with E-state index in [0.29, 0.717) is 17.5 Å². The van der Waals surface area contributed by atoms with E-state index in [-0.39, 0.29) is 5.92 Å². The normalized spacial score (nSPS) is 15.3. The number of nitrogens with zero attached hydrogens (tertiary/aromatic N) is 3. The Balaban J connectivity index is 1.09. The van der Waals surface area contributed by atoms with E-state index in [4.69, 9.17) is 19.4 Å². The number of hydrogen-bond acceptors (Lipinski definition) is 4. The zero-order valence-electron chi connectivity index (χ0n) is 30.3. The van der Waals surface area contributed by atoms with Gasteiger partial charge in [-0.1, -0.05) is 164 Å². The van der Waals surface area contributed by atoms with Crippen molar-refractivity contribution in [2.24, 2.45) is 0 Å². The first kappa shape index (κ1) is 32.7. The lowest BCUT2D eigenvalue weighted by molar-refractivity contribution is 0.669. The number of rotatable bonds is 7. The fourth-order valence-corrected chi connectivity index (χ4v) is 7.88. The SMILES string of the molecule is C1=CC(c2ccc(-c3ccc4oc5ccccc5c4c3-c3nc(C4=CCC(c5ccc(-c6ccccc6)cc5)C=C4)nc(-c4ccccc4)n3)cc2)=CCC1. The van der Waals surface area contributed by atoms with Gasteiger partial charge in [0.2, 0.25) is 0 Å². The third-order valence-corrected chi connectivity index (χ3v) is 10.8. The number of allylic oxidation sites excluding steroid dienone is 8. The van der Waals surface area contributed by atoms with Gasteiger partial charge in [0.05, 0.1) is 0 Å². The van der Waals surface area contributed by atoms with Crippen molar-refractivity contribution in [3.8, 4) is 45.0 Å². The summed E-state index contributed by atoms with van der Waals surface area (Å²) < 4.78 is 6.44. The first-order valence-electron chi connectivity index (χ1n) is 19.0. The molecule has 2 aliphatic rings. The highest BCUT2D eigenvalue weighted by Crippen LogP contribution is 2.43. The Morgan fingerprint density at radius 3 is 1.89 bits per heavy atom. The van der Waals surface area contributed by atoms with Crippen molar-refractivity contribution in [2.75, 3.05) is 0 Å². The first-order valence-corrected chi connectivity index (χ1v) is 19.0. The second-order valence-electron chi connectivity index (χ2n) is 14.2. The highest BCUT2D eigenvalue weighted by molar-refractivity contribution is 6.15. The van der Waals surface area contributed by atoms with Crippen LogP contribution in [0.2, 0.25) is 0 Å². The summed E-state index contributed by atoms with van der Waals surface area (Å²) in [6, 6.07) is 51.0. The maximum Gasteiger partial charge on any atom is 0.165 e. The van der Waals surface area contributed by atoms with Gasteiger partial charge in [-0.2, -0.15) is 0 Å². The molecule has 2 heterocycles. The van der Waals surface area contributed by atoms with Crippen LogP contribution in [0.4, 0.5) is 0 Å². The lowest BCUT2D eigenvalue weighted by Crippen LogP contribution is -2.05. The zero-order valence-corrected chi connectivity index (χ0v) is 30.3. The second kappa shape index (κ2) is 14.1. The van der Waals surface area contributed by atoms with Crippen LogP contribution in [-0.2, 0) is 0 Å². The molecule has 10 rings (SSSR count). The Labute approximate surface area is 320 Å². The van der Waals surface area contributed by atoms with Gasteiger partial charge in [-0.3, -0.25) is 0 Å². The molecular formula is C51H37N3O. The van der Waals surface area contributed by atoms with Crippen molar-refractivity contribution in [1.29, 1.82) is 0 Å². The van der Waals surface area contributed by atoms with Gasteiger partial charge >= 0.3 is 0 Å². The largest absolute Gasteiger partial charge is 0.456 e. The average Bonchev–Trinajstić information content (AvgIpc) is 3.66. The summed E-state index contributed by atoms with van der Waals surface area (Å²) in [6.07, 6.45) is 16.5. The second-order valence-corrected chi connectivity index (χ2v) is 14.2. The highest BCUT2D eigenvalue weighted by atomic mass is 16.3. The molecule has 0 saturated carbocycles. The molecule has 2 aliphatic carbocycles. The van der Waals surface area contributed by atoms with Crippen LogP contribution in [0.15, 0.2) is 186 Å². The summed E-state index contributed by atoms with van der Waals surface area (Å²) in [5.41, 5.74) is 12.9. The van der Waals surface area contributed by atoms with Crippen LogP contribution in [0, 0.1) is 0 Å². The van der Waals surface area contributed by atoms with Gasteiger partial charge in [0.15, 0.2) is 17.5 Å². The molecule has 4 nitrogen and oxygen atoms in total. The summed E-state index contributed by atoms with van der Waals surface area (Å²) >= 11 is 0. The third kappa shape index (κ3) is 6.32. The van der Waals surface area contributed by atoms with Crippen LogP contribution < -0.4 is 0 Å². The van der Waals surface area contributed by atoms with Crippen molar-refractivity contribution in [2.45, 2.75) is 25.2 Å². The van der Waals surface area contributed by atoms with Crippen molar-refractivity contribution in [3.05, 3.63) is 199 Å². The molecule has 1 atom stereocenters. The van der Waals surface area contributed by atoms with Gasteiger partial charge in [0, 0.05) is 33.4 Å². The molecular weight excluding hydrogens is 671 g/mol. The van der Waals surface area contributed by atoms with Crippen LogP contribution in [0.3, 0.4) is 0 Å². The van der Waals surface area contributed by atoms with Crippen molar-refractivity contribution < 1.29 is 4.42 Å². The monoisotopic (exact) mass is 707 g/mol. The van der Waals surface area contributed by atoms with E-state index < -0.39 is 0 Å². The molecule has 1 unspecified atom stereocenters. The quantitative estimate of drug-likeness (QED) is 0.165. The summed E-state index contributed by atoms with van der Waals surface area (Å²) in [4.78, 5) is 15.7. The van der Waals surface area contributed by atoms with Gasteiger partial charge in [0.25, 0.3) is 0 Å². The fraction of sp³-hybridized carbons (Fsp3) is 0.0784. The van der Waals surface area contributed by atoms with Crippen LogP contribution in [0.25, 0.3) is 78.1 Å². The zero-order chi connectivity index (χ0) is 36.6. The van der Waals surface area contributed by atoms with Gasteiger partial charge < -0.3 is 4.42 Å². The van der Waals surface area contributed by atoms with Crippen molar-refractivity contribution in [1.82, 2.24) is 15.0 Å². The van der Waals surface area contributed by atoms with E-state index in [9.17, 15) is 0 Å². The smallest absolute Gasteiger partial charge is 0.165 e. The van der Waals surface area contributed by atoms with E-state index in [1.54, 1.807) is 0 Å². The predicted molar refractivity (Wildman–Crippen MR) is 226 cm³/mol. The minimum Gasteiger partial charge on any atom is -0.456 e. The summed E-state index contributed by atoms with van der Waals surface area (Å²) in [6.45, 7) is 0. The highest BCUT2D eigenvalue weighted by Gasteiger charge is 2.23. The Bertz CT molecular complexity index is 2810. The molecule has 0 fully saturated rings. The van der Waals surface area contributed by atoms with Crippen LogP contribution in [-0.4, -0.2) is 15.0 Å². The Morgan fingerprint density at radius 1 is 0.473 bits per heavy atom. The Hall–Kier alpha value is -6.91. The maximum absolute atomic E-state index is 6.44. The van der Waals surface area contributed by atoms with E-state index in [0.717, 1.165) is 69.0 Å². The van der Waals surface area contributed by atoms with E-state index in [1.807, 2.05) is 30.3 Å². The molecule has 55 heavy (non-hydrogen) atoms. The molecule has 0 spiro atoms. The van der Waals surface area contributed by atoms with Crippen LogP contribution in [0.1, 0.15) is 42.1 Å². The van der Waals surface area contributed by atoms with Crippen molar-refractivity contribution >= 4 is 33.1 Å². The molecule has 6 aromatic carbocycles. The molecule has 0 saturated heterocycles. The van der Waals surface area contributed by atoms with E-state index in [1.165, 1.54) is 27.8 Å². The number of aromatic nitrogens is 3. The van der Waals surface area contributed by atoms with Gasteiger partial charge in [-0.25, -0.2) is 15.0 Å². The lowest BCUT2D eigenvalue weighted by Gasteiger charge is -2.18. The molecule has 262 valence electrons. The molecule has 0 radical (unpaired) electrons. The predicted octanol–water partition coefficient (Wildman–Crippen LogP) is 13.3. The van der Waals surface area contributed by atoms with Gasteiger partial charge in [0.1, 0.15) is 11.2 Å². The minimum absolute atomic E-state index is 0.268.